The molecule has 4 rings (SSSR count). The molecule has 180 valence electrons. The van der Waals surface area contributed by atoms with Gasteiger partial charge in [0.1, 0.15) is 0 Å². The molecule has 0 saturated heterocycles. The topological polar surface area (TPSA) is 52.6 Å². The highest BCUT2D eigenvalue weighted by atomic mass is 16.6. The molecule has 0 aliphatic rings. The Morgan fingerprint density at radius 3 is 0.917 bits per heavy atom. The Morgan fingerprint density at radius 2 is 0.694 bits per heavy atom. The van der Waals surface area contributed by atoms with Crippen molar-refractivity contribution < 1.29 is 19.1 Å². The van der Waals surface area contributed by atoms with E-state index in [0.29, 0.717) is 0 Å². The summed E-state index contributed by atoms with van der Waals surface area (Å²) in [4.78, 5) is 25.8. The van der Waals surface area contributed by atoms with Crippen molar-refractivity contribution in [2.24, 2.45) is 0 Å². The predicted octanol–water partition coefficient (Wildman–Crippen LogP) is 6.56. The maximum atomic E-state index is 12.9. The Bertz CT molecular complexity index is 1130. The first kappa shape index (κ1) is 24.7. The first-order valence-electron chi connectivity index (χ1n) is 11.8. The standard InChI is InChI=1S/C32H28O4/c1-31(25-15-7-3-8-16-25,26-17-9-4-10-18-26)35-29(33)23-24-30(34)36-32(2,27-19-11-5-12-20-27)28-21-13-6-14-22-28/h3-24H,1-2H3/b24-23+. The Hall–Kier alpha value is -4.44. The zero-order chi connectivity index (χ0) is 25.4. The van der Waals surface area contributed by atoms with Crippen LogP contribution >= 0.6 is 0 Å². The van der Waals surface area contributed by atoms with E-state index in [1.165, 1.54) is 0 Å². The molecule has 0 aliphatic heterocycles. The molecule has 0 unspecified atom stereocenters. The van der Waals surface area contributed by atoms with E-state index in [-0.39, 0.29) is 0 Å². The summed E-state index contributed by atoms with van der Waals surface area (Å²) < 4.78 is 11.9. The highest BCUT2D eigenvalue weighted by Gasteiger charge is 2.34. The second kappa shape index (κ2) is 10.9. The SMILES string of the molecule is CC(OC(=O)/C=C/C(=O)OC(C)(c1ccccc1)c1ccccc1)(c1ccccc1)c1ccccc1. The summed E-state index contributed by atoms with van der Waals surface area (Å²) in [7, 11) is 0. The molecular weight excluding hydrogens is 448 g/mol. The van der Waals surface area contributed by atoms with Gasteiger partial charge in [-0.15, -0.1) is 0 Å². The molecule has 0 fully saturated rings. The average molecular weight is 477 g/mol. The van der Waals surface area contributed by atoms with Crippen LogP contribution in [-0.2, 0) is 30.3 Å². The summed E-state index contributed by atoms with van der Waals surface area (Å²) in [6, 6.07) is 38.0. The van der Waals surface area contributed by atoms with E-state index >= 15 is 0 Å². The third kappa shape index (κ3) is 5.44. The van der Waals surface area contributed by atoms with E-state index in [9.17, 15) is 9.59 Å². The Labute approximate surface area is 211 Å². The Morgan fingerprint density at radius 1 is 0.472 bits per heavy atom. The molecule has 36 heavy (non-hydrogen) atoms. The van der Waals surface area contributed by atoms with Crippen LogP contribution in [0.1, 0.15) is 36.1 Å². The van der Waals surface area contributed by atoms with E-state index in [1.54, 1.807) is 0 Å². The van der Waals surface area contributed by atoms with Crippen molar-refractivity contribution in [3.05, 3.63) is 156 Å². The molecule has 4 aromatic rings. The Kier molecular flexibility index (Phi) is 7.45. The van der Waals surface area contributed by atoms with Crippen LogP contribution in [0, 0.1) is 0 Å². The quantitative estimate of drug-likeness (QED) is 0.214. The van der Waals surface area contributed by atoms with Crippen molar-refractivity contribution in [2.75, 3.05) is 0 Å². The number of esters is 2. The number of hydrogen-bond acceptors (Lipinski definition) is 4. The molecule has 0 bridgehead atoms. The van der Waals surface area contributed by atoms with Crippen LogP contribution < -0.4 is 0 Å². The molecule has 0 amide bonds. The van der Waals surface area contributed by atoms with Gasteiger partial charge in [0.15, 0.2) is 11.2 Å². The second-order valence-corrected chi connectivity index (χ2v) is 8.71. The minimum atomic E-state index is -1.03. The molecule has 0 saturated carbocycles. The van der Waals surface area contributed by atoms with Crippen LogP contribution in [0.25, 0.3) is 0 Å². The number of carbonyl (C=O) groups excluding carboxylic acids is 2. The largest absolute Gasteiger partial charge is 0.446 e. The van der Waals surface area contributed by atoms with Crippen molar-refractivity contribution >= 4 is 11.9 Å². The van der Waals surface area contributed by atoms with Gasteiger partial charge in [0, 0.05) is 12.2 Å². The van der Waals surface area contributed by atoms with E-state index in [4.69, 9.17) is 9.47 Å². The fourth-order valence-corrected chi connectivity index (χ4v) is 4.20. The molecule has 0 aromatic heterocycles. The molecule has 0 atom stereocenters. The zero-order valence-electron chi connectivity index (χ0n) is 20.3. The molecule has 0 spiro atoms. The van der Waals surface area contributed by atoms with Crippen LogP contribution in [0.4, 0.5) is 0 Å². The molecule has 0 heterocycles. The van der Waals surface area contributed by atoms with Crippen LogP contribution in [-0.4, -0.2) is 11.9 Å². The van der Waals surface area contributed by atoms with Crippen LogP contribution in [0.2, 0.25) is 0 Å². The average Bonchev–Trinajstić information content (AvgIpc) is 2.94. The third-order valence-corrected chi connectivity index (χ3v) is 6.26. The number of benzene rings is 4. The van der Waals surface area contributed by atoms with Crippen molar-refractivity contribution in [2.45, 2.75) is 25.0 Å². The van der Waals surface area contributed by atoms with Gasteiger partial charge >= 0.3 is 11.9 Å². The molecule has 4 aromatic carbocycles. The lowest BCUT2D eigenvalue weighted by Crippen LogP contribution is -2.31. The number of hydrogen-bond donors (Lipinski definition) is 0. The monoisotopic (exact) mass is 476 g/mol. The third-order valence-electron chi connectivity index (χ3n) is 6.26. The minimum absolute atomic E-state index is 0.650. The number of rotatable bonds is 8. The predicted molar refractivity (Wildman–Crippen MR) is 140 cm³/mol. The molecular formula is C32H28O4. The van der Waals surface area contributed by atoms with Crippen molar-refractivity contribution in [1.29, 1.82) is 0 Å². The van der Waals surface area contributed by atoms with Crippen molar-refractivity contribution in [3.63, 3.8) is 0 Å². The molecule has 4 heteroatoms. The van der Waals surface area contributed by atoms with Gasteiger partial charge in [-0.25, -0.2) is 9.59 Å². The van der Waals surface area contributed by atoms with Gasteiger partial charge in [-0.1, -0.05) is 121 Å². The lowest BCUT2D eigenvalue weighted by molar-refractivity contribution is -0.152. The maximum Gasteiger partial charge on any atom is 0.332 e. The van der Waals surface area contributed by atoms with Gasteiger partial charge in [-0.3, -0.25) is 0 Å². The fraction of sp³-hybridized carbons (Fsp3) is 0.125. The summed E-state index contributed by atoms with van der Waals surface area (Å²) in [5, 5.41) is 0. The summed E-state index contributed by atoms with van der Waals surface area (Å²) in [5.41, 5.74) is 1.22. The number of ether oxygens (including phenoxy) is 2. The zero-order valence-corrected chi connectivity index (χ0v) is 20.3. The van der Waals surface area contributed by atoms with Crippen molar-refractivity contribution in [1.82, 2.24) is 0 Å². The summed E-state index contributed by atoms with van der Waals surface area (Å²) >= 11 is 0. The van der Waals surface area contributed by atoms with Crippen LogP contribution in [0.5, 0.6) is 0 Å². The minimum Gasteiger partial charge on any atom is -0.446 e. The summed E-state index contributed by atoms with van der Waals surface area (Å²) in [6.07, 6.45) is 2.23. The van der Waals surface area contributed by atoms with E-state index < -0.39 is 23.1 Å². The summed E-state index contributed by atoms with van der Waals surface area (Å²) in [5.74, 6) is -1.30. The second-order valence-electron chi connectivity index (χ2n) is 8.71. The molecule has 0 N–H and O–H groups in total. The van der Waals surface area contributed by atoms with Gasteiger partial charge in [0.25, 0.3) is 0 Å². The lowest BCUT2D eigenvalue weighted by atomic mass is 9.88. The van der Waals surface area contributed by atoms with Gasteiger partial charge < -0.3 is 9.47 Å². The lowest BCUT2D eigenvalue weighted by Gasteiger charge is -2.31. The maximum absolute atomic E-state index is 12.9. The van der Waals surface area contributed by atoms with Crippen molar-refractivity contribution in [3.8, 4) is 0 Å². The van der Waals surface area contributed by atoms with Gasteiger partial charge in [-0.05, 0) is 36.1 Å². The highest BCUT2D eigenvalue weighted by molar-refractivity contribution is 5.92. The molecule has 0 aliphatic carbocycles. The Balaban J connectivity index is 1.55. The summed E-state index contributed by atoms with van der Waals surface area (Å²) in [6.45, 7) is 3.67. The first-order valence-corrected chi connectivity index (χ1v) is 11.8. The fourth-order valence-electron chi connectivity index (χ4n) is 4.20. The van der Waals surface area contributed by atoms with E-state index in [0.717, 1.165) is 34.4 Å². The smallest absolute Gasteiger partial charge is 0.332 e. The van der Waals surface area contributed by atoms with Gasteiger partial charge in [0.05, 0.1) is 0 Å². The van der Waals surface area contributed by atoms with E-state index in [1.807, 2.05) is 135 Å². The first-order chi connectivity index (χ1) is 17.4. The molecule has 0 radical (unpaired) electrons. The van der Waals surface area contributed by atoms with Gasteiger partial charge in [0.2, 0.25) is 0 Å². The highest BCUT2D eigenvalue weighted by Crippen LogP contribution is 2.35. The normalized spacial score (nSPS) is 11.7. The van der Waals surface area contributed by atoms with Crippen LogP contribution in [0.15, 0.2) is 133 Å². The molecule has 4 nitrogen and oxygen atoms in total. The van der Waals surface area contributed by atoms with Gasteiger partial charge in [-0.2, -0.15) is 0 Å². The number of carbonyl (C=O) groups is 2. The van der Waals surface area contributed by atoms with E-state index in [2.05, 4.69) is 0 Å². The van der Waals surface area contributed by atoms with Crippen LogP contribution in [0.3, 0.4) is 0 Å².